The summed E-state index contributed by atoms with van der Waals surface area (Å²) >= 11 is 0. The summed E-state index contributed by atoms with van der Waals surface area (Å²) in [6, 6.07) is 12.1. The molecule has 1 fully saturated rings. The fourth-order valence-corrected chi connectivity index (χ4v) is 3.92. The zero-order valence-electron chi connectivity index (χ0n) is 16.4. The normalized spacial score (nSPS) is 19.8. The first-order valence-electron chi connectivity index (χ1n) is 9.60. The van der Waals surface area contributed by atoms with Gasteiger partial charge in [-0.25, -0.2) is 4.98 Å². The second-order valence-corrected chi connectivity index (χ2v) is 7.68. The highest BCUT2D eigenvalue weighted by Gasteiger charge is 2.21. The molecule has 1 aliphatic rings. The van der Waals surface area contributed by atoms with E-state index >= 15 is 0 Å². The molecule has 6 nitrogen and oxygen atoms in total. The molecule has 2 N–H and O–H groups in total. The van der Waals surface area contributed by atoms with Gasteiger partial charge in [0.15, 0.2) is 0 Å². The maximum atomic E-state index is 12.8. The van der Waals surface area contributed by atoms with Gasteiger partial charge in [-0.2, -0.15) is 0 Å². The molecule has 1 aromatic carbocycles. The number of pyridine rings is 1. The zero-order chi connectivity index (χ0) is 19.8. The summed E-state index contributed by atoms with van der Waals surface area (Å²) in [4.78, 5) is 19.8. The van der Waals surface area contributed by atoms with Crippen LogP contribution in [-0.2, 0) is 0 Å². The Hall–Kier alpha value is -2.99. The highest BCUT2D eigenvalue weighted by molar-refractivity contribution is 5.82. The summed E-state index contributed by atoms with van der Waals surface area (Å²) in [7, 11) is 0. The molecule has 0 aliphatic carbocycles. The summed E-state index contributed by atoms with van der Waals surface area (Å²) in [5, 5.41) is 11.1. The van der Waals surface area contributed by atoms with Crippen LogP contribution in [0.4, 0.5) is 5.69 Å². The predicted molar refractivity (Wildman–Crippen MR) is 114 cm³/mol. The Morgan fingerprint density at radius 2 is 1.89 bits per heavy atom. The Kier molecular flexibility index (Phi) is 4.73. The first kappa shape index (κ1) is 18.4. The van der Waals surface area contributed by atoms with Crippen LogP contribution < -0.4 is 15.8 Å². The highest BCUT2D eigenvalue weighted by Crippen LogP contribution is 2.22. The first-order chi connectivity index (χ1) is 13.4. The Morgan fingerprint density at radius 3 is 2.61 bits per heavy atom. The number of rotatable bonds is 3. The first-order valence-corrected chi connectivity index (χ1v) is 9.60. The second-order valence-electron chi connectivity index (χ2n) is 7.68. The maximum absolute atomic E-state index is 12.8. The van der Waals surface area contributed by atoms with E-state index in [1.807, 2.05) is 43.5 Å². The summed E-state index contributed by atoms with van der Waals surface area (Å²) in [5.41, 5.74) is 4.89. The van der Waals surface area contributed by atoms with E-state index < -0.39 is 0 Å². The van der Waals surface area contributed by atoms with Crippen molar-refractivity contribution in [1.82, 2.24) is 14.7 Å². The molecular formula is C22H25N5O. The third-order valence-corrected chi connectivity index (χ3v) is 5.30. The number of nitrogens with one attached hydrogen (secondary N) is 2. The van der Waals surface area contributed by atoms with Crippen LogP contribution in [-0.4, -0.2) is 40.8 Å². The SMILES string of the molecule is Cc1ccc(-c2cc(=O)n3cc(N4CC(C)N[C@@H](C)C4)ccc3n2)cc1C=N. The number of hydrogen-bond donors (Lipinski definition) is 2. The number of fused-ring (bicyclic) bond motifs is 1. The zero-order valence-corrected chi connectivity index (χ0v) is 16.4. The van der Waals surface area contributed by atoms with Gasteiger partial charge in [0.1, 0.15) is 5.65 Å². The quantitative estimate of drug-likeness (QED) is 0.691. The molecular weight excluding hydrogens is 350 g/mol. The van der Waals surface area contributed by atoms with Crippen molar-refractivity contribution in [2.24, 2.45) is 0 Å². The lowest BCUT2D eigenvalue weighted by atomic mass is 10.0. The van der Waals surface area contributed by atoms with Crippen molar-refractivity contribution < 1.29 is 0 Å². The van der Waals surface area contributed by atoms with Gasteiger partial charge >= 0.3 is 0 Å². The summed E-state index contributed by atoms with van der Waals surface area (Å²) < 4.78 is 1.61. The number of aromatic nitrogens is 2. The van der Waals surface area contributed by atoms with Crippen LogP contribution in [0.25, 0.3) is 16.9 Å². The van der Waals surface area contributed by atoms with Crippen molar-refractivity contribution in [2.75, 3.05) is 18.0 Å². The molecule has 3 aromatic rings. The third-order valence-electron chi connectivity index (χ3n) is 5.30. The van der Waals surface area contributed by atoms with E-state index in [0.29, 0.717) is 23.4 Å². The van der Waals surface area contributed by atoms with Crippen LogP contribution in [0.5, 0.6) is 0 Å². The molecule has 0 radical (unpaired) electrons. The number of hydrogen-bond acceptors (Lipinski definition) is 5. The standard InChI is InChI=1S/C22H25N5O/c1-14-4-5-17(8-18(14)10-23)20-9-22(28)27-13-19(6-7-21(27)25-20)26-11-15(2)24-16(3)12-26/h4-10,13,15-16,23-24H,11-12H2,1-3H3/t15-,16?/m0/s1. The lowest BCUT2D eigenvalue weighted by molar-refractivity contribution is 0.407. The smallest absolute Gasteiger partial charge is 0.258 e. The van der Waals surface area contributed by atoms with E-state index in [1.165, 1.54) is 6.21 Å². The topological polar surface area (TPSA) is 73.5 Å². The summed E-state index contributed by atoms with van der Waals surface area (Å²) in [6.45, 7) is 8.13. The van der Waals surface area contributed by atoms with E-state index in [1.54, 1.807) is 10.5 Å². The number of benzene rings is 1. The number of anilines is 1. The van der Waals surface area contributed by atoms with Crippen LogP contribution in [0.3, 0.4) is 0 Å². The van der Waals surface area contributed by atoms with E-state index in [4.69, 9.17) is 5.41 Å². The molecule has 1 aliphatic heterocycles. The van der Waals surface area contributed by atoms with Crippen molar-refractivity contribution in [3.8, 4) is 11.3 Å². The largest absolute Gasteiger partial charge is 0.367 e. The van der Waals surface area contributed by atoms with E-state index in [0.717, 1.165) is 35.5 Å². The third kappa shape index (κ3) is 3.43. The molecule has 3 heterocycles. The molecule has 144 valence electrons. The fraction of sp³-hybridized carbons (Fsp3) is 0.318. The Labute approximate surface area is 164 Å². The van der Waals surface area contributed by atoms with Crippen LogP contribution in [0.15, 0.2) is 47.4 Å². The van der Waals surface area contributed by atoms with Gasteiger partial charge in [0, 0.05) is 49.2 Å². The predicted octanol–water partition coefficient (Wildman–Crippen LogP) is 2.85. The molecule has 4 rings (SSSR count). The minimum atomic E-state index is -0.102. The fourth-order valence-electron chi connectivity index (χ4n) is 3.92. The van der Waals surface area contributed by atoms with Crippen molar-refractivity contribution in [2.45, 2.75) is 32.9 Å². The van der Waals surface area contributed by atoms with Crippen molar-refractivity contribution in [3.05, 3.63) is 64.1 Å². The van der Waals surface area contributed by atoms with Gasteiger partial charge < -0.3 is 15.6 Å². The molecule has 1 unspecified atom stereocenters. The van der Waals surface area contributed by atoms with Crippen molar-refractivity contribution >= 4 is 17.5 Å². The maximum Gasteiger partial charge on any atom is 0.258 e. The van der Waals surface area contributed by atoms with Crippen molar-refractivity contribution in [3.63, 3.8) is 0 Å². The lowest BCUT2D eigenvalue weighted by Gasteiger charge is -2.37. The van der Waals surface area contributed by atoms with Gasteiger partial charge in [-0.15, -0.1) is 0 Å². The van der Waals surface area contributed by atoms with Gasteiger partial charge in [0.05, 0.1) is 11.4 Å². The molecule has 2 aromatic heterocycles. The highest BCUT2D eigenvalue weighted by atomic mass is 16.1. The molecule has 2 atom stereocenters. The lowest BCUT2D eigenvalue weighted by Crippen LogP contribution is -2.54. The molecule has 0 spiro atoms. The van der Waals surface area contributed by atoms with Gasteiger partial charge in [-0.3, -0.25) is 9.20 Å². The van der Waals surface area contributed by atoms with Gasteiger partial charge in [-0.1, -0.05) is 12.1 Å². The van der Waals surface area contributed by atoms with Gasteiger partial charge in [0.25, 0.3) is 5.56 Å². The Balaban J connectivity index is 1.74. The van der Waals surface area contributed by atoms with Crippen LogP contribution in [0.2, 0.25) is 0 Å². The Bertz CT molecular complexity index is 1090. The minimum Gasteiger partial charge on any atom is -0.367 e. The minimum absolute atomic E-state index is 0.102. The van der Waals surface area contributed by atoms with Crippen LogP contribution >= 0.6 is 0 Å². The average molecular weight is 375 g/mol. The number of piperazine rings is 1. The number of aryl methyl sites for hydroxylation is 1. The van der Waals surface area contributed by atoms with Gasteiger partial charge in [0.2, 0.25) is 0 Å². The molecule has 0 amide bonds. The summed E-state index contributed by atoms with van der Waals surface area (Å²) in [5.74, 6) is 0. The van der Waals surface area contributed by atoms with E-state index in [-0.39, 0.29) is 5.56 Å². The van der Waals surface area contributed by atoms with Gasteiger partial charge in [-0.05, 0) is 50.1 Å². The van der Waals surface area contributed by atoms with Crippen LogP contribution in [0, 0.1) is 12.3 Å². The second kappa shape index (κ2) is 7.20. The Morgan fingerprint density at radius 1 is 1.14 bits per heavy atom. The molecule has 0 bridgehead atoms. The molecule has 28 heavy (non-hydrogen) atoms. The molecule has 0 saturated carbocycles. The van der Waals surface area contributed by atoms with E-state index in [2.05, 4.69) is 29.0 Å². The molecule has 6 heteroatoms. The van der Waals surface area contributed by atoms with E-state index in [9.17, 15) is 4.79 Å². The monoisotopic (exact) mass is 375 g/mol. The number of nitrogens with zero attached hydrogens (tertiary/aromatic N) is 3. The summed E-state index contributed by atoms with van der Waals surface area (Å²) in [6.07, 6.45) is 3.21. The average Bonchev–Trinajstić information content (AvgIpc) is 2.67. The van der Waals surface area contributed by atoms with Crippen molar-refractivity contribution in [1.29, 1.82) is 5.41 Å². The van der Waals surface area contributed by atoms with Crippen LogP contribution in [0.1, 0.15) is 25.0 Å². The molecule has 1 saturated heterocycles.